The van der Waals surface area contributed by atoms with Crippen LogP contribution in [-0.4, -0.2) is 29.8 Å². The Kier molecular flexibility index (Phi) is 5.15. The largest absolute Gasteiger partial charge is 0.369 e. The minimum absolute atomic E-state index is 0.169. The van der Waals surface area contributed by atoms with Gasteiger partial charge in [-0.3, -0.25) is 9.59 Å². The van der Waals surface area contributed by atoms with Crippen LogP contribution >= 0.6 is 0 Å². The van der Waals surface area contributed by atoms with E-state index in [1.807, 2.05) is 35.2 Å². The number of nitrogens with zero attached hydrogens (tertiary/aromatic N) is 1. The Morgan fingerprint density at radius 3 is 2.28 bits per heavy atom. The van der Waals surface area contributed by atoms with Crippen molar-refractivity contribution < 1.29 is 14.0 Å². The number of nitrogens with two attached hydrogens (primary N) is 1. The molecular weight excluding hydrogens is 367 g/mol. The molecule has 29 heavy (non-hydrogen) atoms. The normalized spacial score (nSPS) is 22.9. The molecule has 1 heterocycles. The molecule has 2 aliphatic rings. The van der Waals surface area contributed by atoms with Gasteiger partial charge in [0.1, 0.15) is 5.82 Å². The minimum Gasteiger partial charge on any atom is -0.369 e. The number of hydrogen-bond acceptors (Lipinski definition) is 2. The number of benzene rings is 2. The summed E-state index contributed by atoms with van der Waals surface area (Å²) in [6, 6.07) is 14.3. The molecule has 2 aromatic carbocycles. The topological polar surface area (TPSA) is 63.4 Å². The van der Waals surface area contributed by atoms with Crippen LogP contribution in [0.3, 0.4) is 0 Å². The highest BCUT2D eigenvalue weighted by atomic mass is 19.1. The lowest BCUT2D eigenvalue weighted by atomic mass is 9.73. The van der Waals surface area contributed by atoms with Crippen LogP contribution in [0.5, 0.6) is 0 Å². The van der Waals surface area contributed by atoms with Crippen molar-refractivity contribution in [3.8, 4) is 11.1 Å². The average molecular weight is 394 g/mol. The van der Waals surface area contributed by atoms with Crippen molar-refractivity contribution >= 4 is 11.8 Å². The van der Waals surface area contributed by atoms with Crippen LogP contribution in [0.15, 0.2) is 48.5 Å². The molecule has 2 fully saturated rings. The predicted molar refractivity (Wildman–Crippen MR) is 110 cm³/mol. The van der Waals surface area contributed by atoms with Crippen LogP contribution in [0.4, 0.5) is 4.39 Å². The van der Waals surface area contributed by atoms with Gasteiger partial charge in [0.2, 0.25) is 11.8 Å². The molecule has 0 aromatic heterocycles. The third-order valence-corrected chi connectivity index (χ3v) is 6.66. The molecule has 152 valence electrons. The first-order valence-electron chi connectivity index (χ1n) is 10.3. The lowest BCUT2D eigenvalue weighted by Gasteiger charge is -2.40. The van der Waals surface area contributed by atoms with Gasteiger partial charge in [0.05, 0.1) is 5.41 Å². The van der Waals surface area contributed by atoms with Crippen molar-refractivity contribution in [3.05, 3.63) is 59.9 Å². The van der Waals surface area contributed by atoms with E-state index in [2.05, 4.69) is 6.92 Å². The van der Waals surface area contributed by atoms with Gasteiger partial charge in [-0.05, 0) is 48.8 Å². The van der Waals surface area contributed by atoms with Crippen LogP contribution in [0.25, 0.3) is 11.1 Å². The maximum absolute atomic E-state index is 14.0. The van der Waals surface area contributed by atoms with Crippen molar-refractivity contribution in [1.82, 2.24) is 4.90 Å². The van der Waals surface area contributed by atoms with Gasteiger partial charge in [0, 0.05) is 24.6 Å². The Morgan fingerprint density at radius 2 is 1.72 bits per heavy atom. The summed E-state index contributed by atoms with van der Waals surface area (Å²) < 4.78 is 14.0. The number of piperidine rings is 1. The number of likely N-dealkylation sites (tertiary alicyclic amines) is 1. The second kappa shape index (κ2) is 7.62. The lowest BCUT2D eigenvalue weighted by Crippen LogP contribution is -2.50. The molecule has 0 radical (unpaired) electrons. The quantitative estimate of drug-likeness (QED) is 0.839. The molecule has 0 spiro atoms. The molecular formula is C24H27FN2O2. The maximum atomic E-state index is 14.0. The molecule has 2 N–H and O–H groups in total. The molecule has 2 amide bonds. The van der Waals surface area contributed by atoms with Gasteiger partial charge in [0.15, 0.2) is 0 Å². The van der Waals surface area contributed by atoms with Gasteiger partial charge in [-0.25, -0.2) is 4.39 Å². The molecule has 2 unspecified atom stereocenters. The van der Waals surface area contributed by atoms with Gasteiger partial charge in [-0.2, -0.15) is 0 Å². The van der Waals surface area contributed by atoms with E-state index in [9.17, 15) is 14.0 Å². The zero-order valence-corrected chi connectivity index (χ0v) is 16.7. The van der Waals surface area contributed by atoms with Crippen molar-refractivity contribution in [2.45, 2.75) is 32.6 Å². The number of carbonyl (C=O) groups excluding carboxylic acids is 2. The van der Waals surface area contributed by atoms with Gasteiger partial charge in [-0.1, -0.05) is 49.4 Å². The average Bonchev–Trinajstić information content (AvgIpc) is 3.45. The first-order chi connectivity index (χ1) is 13.9. The predicted octanol–water partition coefficient (Wildman–Crippen LogP) is 3.79. The van der Waals surface area contributed by atoms with Crippen molar-refractivity contribution in [3.63, 3.8) is 0 Å². The minimum atomic E-state index is -0.633. The van der Waals surface area contributed by atoms with E-state index in [1.165, 1.54) is 6.07 Å². The Balaban J connectivity index is 1.46. The van der Waals surface area contributed by atoms with Gasteiger partial charge in [-0.15, -0.1) is 0 Å². The molecule has 2 aromatic rings. The molecule has 5 heteroatoms. The molecule has 0 bridgehead atoms. The summed E-state index contributed by atoms with van der Waals surface area (Å²) in [4.78, 5) is 26.7. The van der Waals surface area contributed by atoms with Crippen molar-refractivity contribution in [2.75, 3.05) is 13.1 Å². The molecule has 4 nitrogen and oxygen atoms in total. The smallest absolute Gasteiger partial charge is 0.225 e. The number of rotatable bonds is 5. The highest BCUT2D eigenvalue weighted by Crippen LogP contribution is 2.41. The van der Waals surface area contributed by atoms with E-state index in [0.717, 1.165) is 17.5 Å². The number of amides is 2. The van der Waals surface area contributed by atoms with Gasteiger partial charge >= 0.3 is 0 Å². The van der Waals surface area contributed by atoms with E-state index in [0.29, 0.717) is 43.8 Å². The Hall–Kier alpha value is -2.69. The second-order valence-electron chi connectivity index (χ2n) is 8.64. The van der Waals surface area contributed by atoms with Crippen molar-refractivity contribution in [1.29, 1.82) is 0 Å². The molecule has 2 atom stereocenters. The van der Waals surface area contributed by atoms with Crippen LogP contribution in [0.2, 0.25) is 0 Å². The van der Waals surface area contributed by atoms with E-state index >= 15 is 0 Å². The summed E-state index contributed by atoms with van der Waals surface area (Å²) in [5, 5.41) is 0. The third kappa shape index (κ3) is 3.91. The van der Waals surface area contributed by atoms with Crippen molar-refractivity contribution in [2.24, 2.45) is 23.0 Å². The first kappa shape index (κ1) is 19.6. The van der Waals surface area contributed by atoms with Gasteiger partial charge in [0.25, 0.3) is 0 Å². The highest BCUT2D eigenvalue weighted by Gasteiger charge is 2.45. The van der Waals surface area contributed by atoms with E-state index < -0.39 is 5.41 Å². The molecule has 1 saturated heterocycles. The number of halogens is 1. The Labute approximate surface area is 170 Å². The summed E-state index contributed by atoms with van der Waals surface area (Å²) in [6.07, 6.45) is 2.70. The summed E-state index contributed by atoms with van der Waals surface area (Å²) in [6.45, 7) is 3.27. The maximum Gasteiger partial charge on any atom is 0.225 e. The number of carbonyl (C=O) groups is 2. The standard InChI is InChI=1S/C24H27FN2O2/c1-16-14-20(16)22(28)27-12-10-24(11-13-27,23(26)29)15-17-6-8-18(9-7-17)19-4-2-3-5-21(19)25/h2-9,16,20H,10-15H2,1H3,(H2,26,29). The monoisotopic (exact) mass is 394 g/mol. The van der Waals surface area contributed by atoms with Crippen LogP contribution in [0.1, 0.15) is 31.7 Å². The van der Waals surface area contributed by atoms with Crippen LogP contribution in [-0.2, 0) is 16.0 Å². The Morgan fingerprint density at radius 1 is 1.10 bits per heavy atom. The summed E-state index contributed by atoms with van der Waals surface area (Å²) >= 11 is 0. The zero-order valence-electron chi connectivity index (χ0n) is 16.7. The fraction of sp³-hybridized carbons (Fsp3) is 0.417. The summed E-state index contributed by atoms with van der Waals surface area (Å²) in [5.41, 5.74) is 7.55. The first-order valence-corrected chi connectivity index (χ1v) is 10.3. The number of primary amides is 1. The molecule has 1 saturated carbocycles. The van der Waals surface area contributed by atoms with E-state index in [4.69, 9.17) is 5.73 Å². The molecule has 1 aliphatic carbocycles. The second-order valence-corrected chi connectivity index (χ2v) is 8.64. The SMILES string of the molecule is CC1CC1C(=O)N1CCC(Cc2ccc(-c3ccccc3F)cc2)(C(N)=O)CC1. The fourth-order valence-electron chi connectivity index (χ4n) is 4.45. The molecule has 4 rings (SSSR count). The van der Waals surface area contributed by atoms with E-state index in [1.54, 1.807) is 12.1 Å². The number of hydrogen-bond donors (Lipinski definition) is 1. The summed E-state index contributed by atoms with van der Waals surface area (Å²) in [5.74, 6) is 0.323. The molecule has 1 aliphatic heterocycles. The Bertz CT molecular complexity index is 917. The zero-order chi connectivity index (χ0) is 20.6. The van der Waals surface area contributed by atoms with Crippen LogP contribution < -0.4 is 5.73 Å². The van der Waals surface area contributed by atoms with Gasteiger partial charge < -0.3 is 10.6 Å². The van der Waals surface area contributed by atoms with Crippen LogP contribution in [0, 0.1) is 23.1 Å². The summed E-state index contributed by atoms with van der Waals surface area (Å²) in [7, 11) is 0. The fourth-order valence-corrected chi connectivity index (χ4v) is 4.45. The lowest BCUT2D eigenvalue weighted by molar-refractivity contribution is -0.140. The third-order valence-electron chi connectivity index (χ3n) is 6.66. The van der Waals surface area contributed by atoms with E-state index in [-0.39, 0.29) is 23.5 Å². The highest BCUT2D eigenvalue weighted by molar-refractivity contribution is 5.84.